The van der Waals surface area contributed by atoms with Crippen LogP contribution >= 0.6 is 11.6 Å². The average Bonchev–Trinajstić information content (AvgIpc) is 2.54. The number of hydrogen-bond acceptors (Lipinski definition) is 2. The summed E-state index contributed by atoms with van der Waals surface area (Å²) in [5.41, 5.74) is 2.11. The first kappa shape index (κ1) is 13.8. The highest BCUT2D eigenvalue weighted by Crippen LogP contribution is 2.38. The van der Waals surface area contributed by atoms with Crippen LogP contribution in [0.1, 0.15) is 0 Å². The van der Waals surface area contributed by atoms with Crippen LogP contribution < -0.4 is 9.47 Å². The smallest absolute Gasteiger partial charge is 0.127 e. The second-order valence-corrected chi connectivity index (χ2v) is 5.17. The second kappa shape index (κ2) is 5.66. The summed E-state index contributed by atoms with van der Waals surface area (Å²) < 4.78 is 10.9. The number of rotatable bonds is 3. The monoisotopic (exact) mass is 298 g/mol. The van der Waals surface area contributed by atoms with E-state index in [-0.39, 0.29) is 0 Å². The van der Waals surface area contributed by atoms with Crippen molar-refractivity contribution >= 4 is 22.4 Å². The van der Waals surface area contributed by atoms with Gasteiger partial charge in [0.25, 0.3) is 0 Å². The topological polar surface area (TPSA) is 18.5 Å². The van der Waals surface area contributed by atoms with Crippen molar-refractivity contribution in [2.45, 2.75) is 0 Å². The molecule has 0 bridgehead atoms. The molecule has 0 radical (unpaired) electrons. The van der Waals surface area contributed by atoms with Gasteiger partial charge in [0.05, 0.1) is 14.2 Å². The Bertz CT molecular complexity index is 774. The molecule has 2 nitrogen and oxygen atoms in total. The summed E-state index contributed by atoms with van der Waals surface area (Å²) in [7, 11) is 3.35. The van der Waals surface area contributed by atoms with Crippen LogP contribution in [0.15, 0.2) is 54.6 Å². The zero-order valence-corrected chi connectivity index (χ0v) is 12.6. The molecule has 21 heavy (non-hydrogen) atoms. The molecule has 0 heterocycles. The molecule has 0 aliphatic heterocycles. The van der Waals surface area contributed by atoms with Gasteiger partial charge < -0.3 is 9.47 Å². The van der Waals surface area contributed by atoms with Crippen molar-refractivity contribution in [3.63, 3.8) is 0 Å². The van der Waals surface area contributed by atoms with Crippen molar-refractivity contribution < 1.29 is 9.47 Å². The van der Waals surface area contributed by atoms with Gasteiger partial charge in [0.15, 0.2) is 0 Å². The van der Waals surface area contributed by atoms with Crippen LogP contribution in [0.3, 0.4) is 0 Å². The summed E-state index contributed by atoms with van der Waals surface area (Å²) in [4.78, 5) is 0. The van der Waals surface area contributed by atoms with Crippen LogP contribution in [0, 0.1) is 0 Å². The predicted molar refractivity (Wildman–Crippen MR) is 87.5 cm³/mol. The van der Waals surface area contributed by atoms with E-state index in [0.29, 0.717) is 0 Å². The SMILES string of the molecule is COc1ccc2ccc(OC)c(-c3ccc(Cl)cc3)c2c1. The lowest BCUT2D eigenvalue weighted by atomic mass is 9.97. The Hall–Kier alpha value is -2.19. The molecule has 0 fully saturated rings. The Labute approximate surface area is 128 Å². The van der Waals surface area contributed by atoms with Crippen LogP contribution in [0.5, 0.6) is 11.5 Å². The fourth-order valence-corrected chi connectivity index (χ4v) is 2.62. The third kappa shape index (κ3) is 2.55. The number of methoxy groups -OCH3 is 2. The van der Waals surface area contributed by atoms with Gasteiger partial charge in [-0.3, -0.25) is 0 Å². The van der Waals surface area contributed by atoms with E-state index in [4.69, 9.17) is 21.1 Å². The lowest BCUT2D eigenvalue weighted by molar-refractivity contribution is 0.414. The normalized spacial score (nSPS) is 10.6. The van der Waals surface area contributed by atoms with Crippen LogP contribution in [0.4, 0.5) is 0 Å². The molecule has 0 saturated carbocycles. The fourth-order valence-electron chi connectivity index (χ4n) is 2.49. The maximum absolute atomic E-state index is 5.99. The lowest BCUT2D eigenvalue weighted by Crippen LogP contribution is -1.91. The molecule has 3 rings (SSSR count). The Morgan fingerprint density at radius 2 is 1.52 bits per heavy atom. The number of hydrogen-bond donors (Lipinski definition) is 0. The van der Waals surface area contributed by atoms with Crippen molar-refractivity contribution in [1.82, 2.24) is 0 Å². The summed E-state index contributed by atoms with van der Waals surface area (Å²) in [6.45, 7) is 0. The van der Waals surface area contributed by atoms with E-state index >= 15 is 0 Å². The van der Waals surface area contributed by atoms with E-state index in [0.717, 1.165) is 38.4 Å². The van der Waals surface area contributed by atoms with Gasteiger partial charge in [0.1, 0.15) is 11.5 Å². The molecule has 0 spiro atoms. The largest absolute Gasteiger partial charge is 0.497 e. The standard InChI is InChI=1S/C18H15ClO2/c1-20-15-9-5-12-6-10-17(21-2)18(16(12)11-15)13-3-7-14(19)8-4-13/h3-11H,1-2H3. The first-order valence-corrected chi connectivity index (χ1v) is 7.01. The molecule has 0 amide bonds. The highest BCUT2D eigenvalue weighted by atomic mass is 35.5. The highest BCUT2D eigenvalue weighted by Gasteiger charge is 2.11. The predicted octanol–water partition coefficient (Wildman–Crippen LogP) is 5.18. The average molecular weight is 299 g/mol. The van der Waals surface area contributed by atoms with Gasteiger partial charge in [-0.15, -0.1) is 0 Å². The van der Waals surface area contributed by atoms with Gasteiger partial charge in [-0.25, -0.2) is 0 Å². The molecule has 3 heteroatoms. The van der Waals surface area contributed by atoms with Crippen molar-refractivity contribution in [2.75, 3.05) is 14.2 Å². The second-order valence-electron chi connectivity index (χ2n) is 4.74. The lowest BCUT2D eigenvalue weighted by Gasteiger charge is -2.13. The number of fused-ring (bicyclic) bond motifs is 1. The van der Waals surface area contributed by atoms with E-state index in [1.54, 1.807) is 14.2 Å². The third-order valence-electron chi connectivity index (χ3n) is 3.54. The Morgan fingerprint density at radius 3 is 2.19 bits per heavy atom. The van der Waals surface area contributed by atoms with Crippen molar-refractivity contribution in [2.24, 2.45) is 0 Å². The summed E-state index contributed by atoms with van der Waals surface area (Å²) in [5.74, 6) is 1.66. The van der Waals surface area contributed by atoms with E-state index in [1.165, 1.54) is 0 Å². The van der Waals surface area contributed by atoms with Crippen molar-refractivity contribution in [1.29, 1.82) is 0 Å². The van der Waals surface area contributed by atoms with Crippen LogP contribution in [0.25, 0.3) is 21.9 Å². The number of benzene rings is 3. The summed E-state index contributed by atoms with van der Waals surface area (Å²) >= 11 is 5.99. The van der Waals surface area contributed by atoms with Gasteiger partial charge in [-0.05, 0) is 46.7 Å². The van der Waals surface area contributed by atoms with Crippen LogP contribution in [-0.4, -0.2) is 14.2 Å². The van der Waals surface area contributed by atoms with E-state index < -0.39 is 0 Å². The molecular weight excluding hydrogens is 284 g/mol. The van der Waals surface area contributed by atoms with Gasteiger partial charge in [-0.2, -0.15) is 0 Å². The van der Waals surface area contributed by atoms with Gasteiger partial charge in [0, 0.05) is 10.6 Å². The molecule has 0 atom stereocenters. The molecule has 0 unspecified atom stereocenters. The summed E-state index contributed by atoms with van der Waals surface area (Å²) in [6, 6.07) is 17.8. The maximum atomic E-state index is 5.99. The minimum atomic E-state index is 0.718. The Morgan fingerprint density at radius 1 is 0.810 bits per heavy atom. The maximum Gasteiger partial charge on any atom is 0.127 e. The van der Waals surface area contributed by atoms with Gasteiger partial charge in [0.2, 0.25) is 0 Å². The van der Waals surface area contributed by atoms with E-state index in [2.05, 4.69) is 0 Å². The minimum Gasteiger partial charge on any atom is -0.497 e. The zero-order valence-electron chi connectivity index (χ0n) is 11.9. The quantitative estimate of drug-likeness (QED) is 0.663. The molecular formula is C18H15ClO2. The Balaban J connectivity index is 2.33. The third-order valence-corrected chi connectivity index (χ3v) is 3.80. The molecule has 3 aromatic rings. The van der Waals surface area contributed by atoms with Crippen LogP contribution in [0.2, 0.25) is 5.02 Å². The molecule has 0 N–H and O–H groups in total. The number of halogens is 1. The Kier molecular flexibility index (Phi) is 3.72. The van der Waals surface area contributed by atoms with Crippen molar-refractivity contribution in [3.05, 3.63) is 59.6 Å². The first-order chi connectivity index (χ1) is 10.2. The number of ether oxygens (including phenoxy) is 2. The molecule has 0 aliphatic carbocycles. The molecule has 0 saturated heterocycles. The summed E-state index contributed by atoms with van der Waals surface area (Å²) in [6.07, 6.45) is 0. The first-order valence-electron chi connectivity index (χ1n) is 6.63. The fraction of sp³-hybridized carbons (Fsp3) is 0.111. The molecule has 3 aromatic carbocycles. The van der Waals surface area contributed by atoms with Crippen LogP contribution in [-0.2, 0) is 0 Å². The van der Waals surface area contributed by atoms with E-state index in [1.807, 2.05) is 54.6 Å². The van der Waals surface area contributed by atoms with E-state index in [9.17, 15) is 0 Å². The highest BCUT2D eigenvalue weighted by molar-refractivity contribution is 6.30. The summed E-state index contributed by atoms with van der Waals surface area (Å²) in [5, 5.41) is 2.95. The van der Waals surface area contributed by atoms with Gasteiger partial charge in [-0.1, -0.05) is 35.9 Å². The van der Waals surface area contributed by atoms with Gasteiger partial charge >= 0.3 is 0 Å². The van der Waals surface area contributed by atoms with Crippen molar-refractivity contribution in [3.8, 4) is 22.6 Å². The molecule has 0 aliphatic rings. The molecule has 0 aromatic heterocycles. The zero-order chi connectivity index (χ0) is 14.8. The minimum absolute atomic E-state index is 0.718. The molecule has 106 valence electrons.